The molecule has 144 valence electrons. The number of carbonyl (C=O) groups excluding carboxylic acids is 1. The van der Waals surface area contributed by atoms with Crippen molar-refractivity contribution in [2.75, 3.05) is 27.4 Å². The number of rotatable bonds is 7. The van der Waals surface area contributed by atoms with Crippen LogP contribution in [0, 0.1) is 0 Å². The van der Waals surface area contributed by atoms with Gasteiger partial charge < -0.3 is 14.4 Å². The van der Waals surface area contributed by atoms with Gasteiger partial charge in [-0.2, -0.15) is 5.10 Å². The van der Waals surface area contributed by atoms with Crippen molar-refractivity contribution in [2.45, 2.75) is 12.5 Å². The third-order valence-corrected chi connectivity index (χ3v) is 5.07. The van der Waals surface area contributed by atoms with Crippen LogP contribution in [0.2, 0.25) is 0 Å². The van der Waals surface area contributed by atoms with Crippen LogP contribution in [-0.2, 0) is 4.74 Å². The van der Waals surface area contributed by atoms with E-state index in [2.05, 4.69) is 22.3 Å². The first-order chi connectivity index (χ1) is 13.7. The summed E-state index contributed by atoms with van der Waals surface area (Å²) in [4.78, 5) is 15.0. The molecule has 3 aromatic rings. The number of ether oxygens (including phenoxy) is 2. The SMILES string of the molecule is COCCCN1C(=O)c2[nH]nc(-c3cccc(OC)c3)c2C1c1ccccc1. The number of amides is 1. The molecule has 1 aliphatic heterocycles. The third-order valence-electron chi connectivity index (χ3n) is 5.07. The summed E-state index contributed by atoms with van der Waals surface area (Å²) in [5.74, 6) is 0.730. The Morgan fingerprint density at radius 1 is 1.11 bits per heavy atom. The molecule has 2 aromatic carbocycles. The van der Waals surface area contributed by atoms with Crippen molar-refractivity contribution in [2.24, 2.45) is 0 Å². The van der Waals surface area contributed by atoms with Crippen LogP contribution >= 0.6 is 0 Å². The van der Waals surface area contributed by atoms with Crippen LogP contribution in [0.5, 0.6) is 5.75 Å². The van der Waals surface area contributed by atoms with Crippen LogP contribution < -0.4 is 4.74 Å². The number of carbonyl (C=O) groups is 1. The van der Waals surface area contributed by atoms with Crippen LogP contribution in [0.25, 0.3) is 11.3 Å². The van der Waals surface area contributed by atoms with Gasteiger partial charge in [-0.15, -0.1) is 0 Å². The standard InChI is InChI=1S/C22H23N3O3/c1-27-13-7-12-25-21(15-8-4-3-5-9-15)18-19(23-24-20(18)22(25)26)16-10-6-11-17(14-16)28-2/h3-6,8-11,14,21H,7,12-13H2,1-2H3,(H,23,24). The van der Waals surface area contributed by atoms with Crippen molar-refractivity contribution in [3.8, 4) is 17.0 Å². The van der Waals surface area contributed by atoms with E-state index in [1.54, 1.807) is 14.2 Å². The van der Waals surface area contributed by atoms with Gasteiger partial charge in [0.05, 0.1) is 18.8 Å². The van der Waals surface area contributed by atoms with Crippen molar-refractivity contribution < 1.29 is 14.3 Å². The van der Waals surface area contributed by atoms with E-state index in [0.717, 1.165) is 34.6 Å². The summed E-state index contributed by atoms with van der Waals surface area (Å²) >= 11 is 0. The maximum Gasteiger partial charge on any atom is 0.273 e. The molecule has 0 saturated heterocycles. The highest BCUT2D eigenvalue weighted by atomic mass is 16.5. The van der Waals surface area contributed by atoms with Crippen LogP contribution in [0.1, 0.15) is 34.1 Å². The van der Waals surface area contributed by atoms with Gasteiger partial charge in [0, 0.05) is 31.4 Å². The van der Waals surface area contributed by atoms with E-state index < -0.39 is 0 Å². The molecule has 1 amide bonds. The Kier molecular flexibility index (Phi) is 5.12. The zero-order valence-corrected chi connectivity index (χ0v) is 16.0. The lowest BCUT2D eigenvalue weighted by Crippen LogP contribution is -2.31. The van der Waals surface area contributed by atoms with Gasteiger partial charge in [-0.25, -0.2) is 0 Å². The van der Waals surface area contributed by atoms with Gasteiger partial charge in [-0.05, 0) is 24.1 Å². The zero-order valence-electron chi connectivity index (χ0n) is 16.0. The number of aromatic nitrogens is 2. The zero-order chi connectivity index (χ0) is 19.5. The fourth-order valence-electron chi connectivity index (χ4n) is 3.78. The molecular weight excluding hydrogens is 354 g/mol. The van der Waals surface area contributed by atoms with Crippen LogP contribution in [-0.4, -0.2) is 48.4 Å². The Hall–Kier alpha value is -3.12. The maximum absolute atomic E-state index is 13.1. The highest BCUT2D eigenvalue weighted by Crippen LogP contribution is 2.43. The summed E-state index contributed by atoms with van der Waals surface area (Å²) in [6, 6.07) is 17.7. The lowest BCUT2D eigenvalue weighted by molar-refractivity contribution is 0.0723. The number of nitrogens with one attached hydrogen (secondary N) is 1. The smallest absolute Gasteiger partial charge is 0.273 e. The first kappa shape index (κ1) is 18.3. The molecular formula is C22H23N3O3. The topological polar surface area (TPSA) is 67.5 Å². The normalized spacial score (nSPS) is 15.7. The number of methoxy groups -OCH3 is 2. The Morgan fingerprint density at radius 2 is 1.93 bits per heavy atom. The Labute approximate surface area is 164 Å². The summed E-state index contributed by atoms with van der Waals surface area (Å²) in [5.41, 5.74) is 4.25. The molecule has 4 rings (SSSR count). The second kappa shape index (κ2) is 7.86. The summed E-state index contributed by atoms with van der Waals surface area (Å²) in [6.45, 7) is 1.23. The van der Waals surface area contributed by atoms with E-state index >= 15 is 0 Å². The molecule has 1 N–H and O–H groups in total. The van der Waals surface area contributed by atoms with E-state index in [1.165, 1.54) is 0 Å². The molecule has 0 spiro atoms. The molecule has 2 heterocycles. The Balaban J connectivity index is 1.81. The van der Waals surface area contributed by atoms with E-state index in [4.69, 9.17) is 9.47 Å². The van der Waals surface area contributed by atoms with Crippen molar-refractivity contribution in [3.05, 3.63) is 71.4 Å². The highest BCUT2D eigenvalue weighted by molar-refractivity contribution is 6.00. The third kappa shape index (κ3) is 3.16. The molecule has 1 atom stereocenters. The molecule has 1 unspecified atom stereocenters. The Morgan fingerprint density at radius 3 is 2.68 bits per heavy atom. The average Bonchev–Trinajstić information content (AvgIpc) is 3.28. The van der Waals surface area contributed by atoms with Crippen molar-refractivity contribution >= 4 is 5.91 Å². The minimum absolute atomic E-state index is 0.0263. The van der Waals surface area contributed by atoms with Crippen molar-refractivity contribution in [1.82, 2.24) is 15.1 Å². The fourth-order valence-corrected chi connectivity index (χ4v) is 3.78. The van der Waals surface area contributed by atoms with Gasteiger partial charge in [-0.3, -0.25) is 9.89 Å². The summed E-state index contributed by atoms with van der Waals surface area (Å²) < 4.78 is 10.5. The predicted octanol–water partition coefficient (Wildman–Crippen LogP) is 3.67. The maximum atomic E-state index is 13.1. The summed E-state index contributed by atoms with van der Waals surface area (Å²) in [7, 11) is 3.32. The fraction of sp³-hybridized carbons (Fsp3) is 0.273. The quantitative estimate of drug-likeness (QED) is 0.638. The number of nitrogens with zero attached hydrogens (tertiary/aromatic N) is 2. The molecule has 0 fully saturated rings. The van der Waals surface area contributed by atoms with E-state index in [-0.39, 0.29) is 11.9 Å². The molecule has 1 aromatic heterocycles. The molecule has 6 heteroatoms. The van der Waals surface area contributed by atoms with E-state index in [9.17, 15) is 4.79 Å². The number of fused-ring (bicyclic) bond motifs is 1. The Bertz CT molecular complexity index is 968. The lowest BCUT2D eigenvalue weighted by atomic mass is 9.96. The molecule has 0 bridgehead atoms. The van der Waals surface area contributed by atoms with Crippen LogP contribution in [0.4, 0.5) is 0 Å². The number of hydrogen-bond donors (Lipinski definition) is 1. The molecule has 6 nitrogen and oxygen atoms in total. The van der Waals surface area contributed by atoms with E-state index in [1.807, 2.05) is 47.4 Å². The van der Waals surface area contributed by atoms with Crippen molar-refractivity contribution in [3.63, 3.8) is 0 Å². The van der Waals surface area contributed by atoms with Gasteiger partial charge in [0.25, 0.3) is 5.91 Å². The van der Waals surface area contributed by atoms with Gasteiger partial charge in [0.15, 0.2) is 0 Å². The highest BCUT2D eigenvalue weighted by Gasteiger charge is 2.41. The second-order valence-electron chi connectivity index (χ2n) is 6.75. The summed E-state index contributed by atoms with van der Waals surface area (Å²) in [5, 5.41) is 7.47. The van der Waals surface area contributed by atoms with Crippen LogP contribution in [0.15, 0.2) is 54.6 Å². The van der Waals surface area contributed by atoms with E-state index in [0.29, 0.717) is 18.8 Å². The molecule has 1 aliphatic rings. The number of H-pyrrole nitrogens is 1. The van der Waals surface area contributed by atoms with Gasteiger partial charge in [0.1, 0.15) is 11.4 Å². The van der Waals surface area contributed by atoms with Gasteiger partial charge >= 0.3 is 0 Å². The number of benzene rings is 2. The van der Waals surface area contributed by atoms with Crippen molar-refractivity contribution in [1.29, 1.82) is 0 Å². The van der Waals surface area contributed by atoms with Gasteiger partial charge in [-0.1, -0.05) is 42.5 Å². The average molecular weight is 377 g/mol. The van der Waals surface area contributed by atoms with Crippen LogP contribution in [0.3, 0.4) is 0 Å². The first-order valence-electron chi connectivity index (χ1n) is 9.32. The summed E-state index contributed by atoms with van der Waals surface area (Å²) in [6.07, 6.45) is 0.776. The number of aromatic amines is 1. The monoisotopic (exact) mass is 377 g/mol. The molecule has 0 saturated carbocycles. The molecule has 28 heavy (non-hydrogen) atoms. The minimum Gasteiger partial charge on any atom is -0.497 e. The predicted molar refractivity (Wildman–Crippen MR) is 106 cm³/mol. The molecule has 0 radical (unpaired) electrons. The minimum atomic E-state index is -0.180. The largest absolute Gasteiger partial charge is 0.497 e. The lowest BCUT2D eigenvalue weighted by Gasteiger charge is -2.26. The van der Waals surface area contributed by atoms with Gasteiger partial charge in [0.2, 0.25) is 0 Å². The molecule has 0 aliphatic carbocycles. The second-order valence-corrected chi connectivity index (χ2v) is 6.75. The first-order valence-corrected chi connectivity index (χ1v) is 9.32. The number of hydrogen-bond acceptors (Lipinski definition) is 4.